The number of carbonyl (C=O) groups is 2. The van der Waals surface area contributed by atoms with Crippen molar-refractivity contribution in [1.29, 1.82) is 0 Å². The highest BCUT2D eigenvalue weighted by Crippen LogP contribution is 2.41. The molecule has 2 saturated heterocycles. The molecular formula is C32H32ClF3N4O4. The fourth-order valence-electron chi connectivity index (χ4n) is 6.48. The number of aromatic nitrogens is 2. The number of ether oxygens (including phenoxy) is 1. The van der Waals surface area contributed by atoms with Crippen LogP contribution in [0.25, 0.3) is 11.1 Å². The van der Waals surface area contributed by atoms with Crippen LogP contribution in [-0.4, -0.2) is 57.1 Å². The molecule has 44 heavy (non-hydrogen) atoms. The van der Waals surface area contributed by atoms with Gasteiger partial charge in [0.2, 0.25) is 5.95 Å². The molecule has 2 atom stereocenters. The summed E-state index contributed by atoms with van der Waals surface area (Å²) in [5.41, 5.74) is 3.79. The largest absolute Gasteiger partial charge is 0.481 e. The highest BCUT2D eigenvalue weighted by atomic mass is 35.5. The first-order valence-corrected chi connectivity index (χ1v) is 15.0. The summed E-state index contributed by atoms with van der Waals surface area (Å²) in [7, 11) is 0. The summed E-state index contributed by atoms with van der Waals surface area (Å²) in [5.74, 6) is -4.11. The number of anilines is 1. The van der Waals surface area contributed by atoms with E-state index in [2.05, 4.69) is 9.97 Å². The van der Waals surface area contributed by atoms with Crippen molar-refractivity contribution in [2.45, 2.75) is 70.1 Å². The van der Waals surface area contributed by atoms with Crippen molar-refractivity contribution in [2.75, 3.05) is 18.0 Å². The number of carbonyl (C=O) groups excluding carboxylic acids is 1. The van der Waals surface area contributed by atoms with E-state index in [4.69, 9.17) is 16.3 Å². The Balaban J connectivity index is 1.33. The van der Waals surface area contributed by atoms with Gasteiger partial charge in [0.15, 0.2) is 0 Å². The average molecular weight is 629 g/mol. The van der Waals surface area contributed by atoms with Crippen LogP contribution < -0.4 is 4.90 Å². The van der Waals surface area contributed by atoms with E-state index in [-0.39, 0.29) is 24.3 Å². The van der Waals surface area contributed by atoms with Crippen molar-refractivity contribution in [1.82, 2.24) is 14.9 Å². The number of nitrogens with zero attached hydrogens (tertiary/aromatic N) is 4. The number of hydrogen-bond donors (Lipinski definition) is 1. The summed E-state index contributed by atoms with van der Waals surface area (Å²) in [5, 5.41) is 9.82. The Labute approximate surface area is 257 Å². The molecule has 0 spiro atoms. The third-order valence-corrected chi connectivity index (χ3v) is 9.25. The monoisotopic (exact) mass is 628 g/mol. The number of alkyl halides is 2. The quantitative estimate of drug-likeness (QED) is 0.297. The molecule has 1 saturated carbocycles. The van der Waals surface area contributed by atoms with Crippen molar-refractivity contribution in [3.63, 3.8) is 0 Å². The van der Waals surface area contributed by atoms with Gasteiger partial charge in [-0.15, -0.1) is 0 Å². The summed E-state index contributed by atoms with van der Waals surface area (Å²) in [6, 6.07) is 9.67. The van der Waals surface area contributed by atoms with Gasteiger partial charge in [-0.3, -0.25) is 9.69 Å². The third-order valence-electron chi connectivity index (χ3n) is 8.92. The number of amides is 1. The van der Waals surface area contributed by atoms with Crippen LogP contribution in [0.3, 0.4) is 0 Å². The van der Waals surface area contributed by atoms with E-state index < -0.39 is 49.0 Å². The molecule has 3 aliphatic rings. The minimum atomic E-state index is -2.83. The lowest BCUT2D eigenvalue weighted by atomic mass is 9.78. The van der Waals surface area contributed by atoms with Gasteiger partial charge in [0.05, 0.1) is 37.3 Å². The smallest absolute Gasteiger partial charge is 0.411 e. The van der Waals surface area contributed by atoms with Crippen LogP contribution in [0.4, 0.5) is 23.9 Å². The Morgan fingerprint density at radius 1 is 1.09 bits per heavy atom. The predicted molar refractivity (Wildman–Crippen MR) is 157 cm³/mol. The van der Waals surface area contributed by atoms with E-state index in [0.29, 0.717) is 45.8 Å². The lowest BCUT2D eigenvalue weighted by Gasteiger charge is -2.38. The molecule has 3 heterocycles. The minimum Gasteiger partial charge on any atom is -0.481 e. The molecule has 1 aliphatic carbocycles. The summed E-state index contributed by atoms with van der Waals surface area (Å²) in [6.07, 6.45) is 2.83. The fourth-order valence-corrected chi connectivity index (χ4v) is 6.70. The topological polar surface area (TPSA) is 95.9 Å². The molecule has 6 rings (SSSR count). The van der Waals surface area contributed by atoms with Crippen molar-refractivity contribution in [3.05, 3.63) is 75.8 Å². The lowest BCUT2D eigenvalue weighted by Crippen LogP contribution is -2.57. The van der Waals surface area contributed by atoms with Gasteiger partial charge in [0.25, 0.3) is 5.92 Å². The molecule has 0 unspecified atom stereocenters. The summed E-state index contributed by atoms with van der Waals surface area (Å²) >= 11 is 6.71. The van der Waals surface area contributed by atoms with E-state index in [1.165, 1.54) is 21.9 Å². The lowest BCUT2D eigenvalue weighted by molar-refractivity contribution is -0.142. The zero-order valence-electron chi connectivity index (χ0n) is 24.3. The van der Waals surface area contributed by atoms with Gasteiger partial charge in [0.1, 0.15) is 11.9 Å². The molecule has 1 amide bonds. The second-order valence-corrected chi connectivity index (χ2v) is 12.5. The molecular weight excluding hydrogens is 597 g/mol. The highest BCUT2D eigenvalue weighted by Gasteiger charge is 2.46. The first kappa shape index (κ1) is 30.2. The first-order chi connectivity index (χ1) is 20.9. The normalized spacial score (nSPS) is 24.6. The maximum absolute atomic E-state index is 14.2. The van der Waals surface area contributed by atoms with E-state index in [1.54, 1.807) is 32.2 Å². The van der Waals surface area contributed by atoms with E-state index in [9.17, 15) is 27.9 Å². The minimum absolute atomic E-state index is 0.0237. The SMILES string of the molecule is Cc1cc(F)cc([C@H]2OC(=O)N(Cc3nc(N4CC(F)(F)C4)ncc3-c3cc([C@H]4CC[C@H](C(=O)O)CC4)ccc3Cl)[C@H]2C)c1. The first-order valence-electron chi connectivity index (χ1n) is 14.6. The van der Waals surface area contributed by atoms with Crippen LogP contribution in [0.5, 0.6) is 0 Å². The summed E-state index contributed by atoms with van der Waals surface area (Å²) < 4.78 is 47.3. The highest BCUT2D eigenvalue weighted by molar-refractivity contribution is 6.33. The molecule has 3 aromatic rings. The Bertz CT molecular complexity index is 1590. The van der Waals surface area contributed by atoms with E-state index in [0.717, 1.165) is 18.4 Å². The van der Waals surface area contributed by atoms with Crippen molar-refractivity contribution in [3.8, 4) is 11.1 Å². The van der Waals surface area contributed by atoms with Gasteiger partial charge in [-0.2, -0.15) is 0 Å². The molecule has 0 bridgehead atoms. The summed E-state index contributed by atoms with van der Waals surface area (Å²) in [4.78, 5) is 36.5. The Kier molecular flexibility index (Phi) is 7.94. The molecule has 8 nitrogen and oxygen atoms in total. The molecule has 1 N–H and O–H groups in total. The van der Waals surface area contributed by atoms with Gasteiger partial charge in [-0.25, -0.2) is 27.9 Å². The number of aryl methyl sites for hydroxylation is 1. The Morgan fingerprint density at radius 2 is 1.82 bits per heavy atom. The van der Waals surface area contributed by atoms with Gasteiger partial charge in [-0.1, -0.05) is 23.7 Å². The van der Waals surface area contributed by atoms with E-state index >= 15 is 0 Å². The number of aliphatic carboxylic acids is 1. The Morgan fingerprint density at radius 3 is 2.48 bits per heavy atom. The van der Waals surface area contributed by atoms with Gasteiger partial charge in [0, 0.05) is 22.3 Å². The van der Waals surface area contributed by atoms with Gasteiger partial charge >= 0.3 is 12.1 Å². The average Bonchev–Trinajstić information content (AvgIpc) is 3.24. The fraction of sp³-hybridized carbons (Fsp3) is 0.438. The van der Waals surface area contributed by atoms with Crippen LogP contribution in [0.1, 0.15) is 67.0 Å². The molecule has 12 heteroatoms. The van der Waals surface area contributed by atoms with Crippen molar-refractivity contribution < 1.29 is 32.6 Å². The zero-order valence-corrected chi connectivity index (χ0v) is 25.0. The standard InChI is InChI=1S/C32H32ClF3N4O4/c1-17-9-22(11-23(34)10-17)28-18(2)40(31(43)44-28)14-27-25(13-37-30(38-27)39-15-32(35,36)16-39)24-12-21(7-8-26(24)33)19-3-5-20(6-4-19)29(41)42/h7-13,18-20,28H,3-6,14-16H2,1-2H3,(H,41,42)/t18-,19-,20-,28-/m0/s1. The number of hydrogen-bond acceptors (Lipinski definition) is 6. The number of carboxylic acid groups (broad SMARTS) is 1. The second kappa shape index (κ2) is 11.6. The molecule has 1 aromatic heterocycles. The molecule has 2 aliphatic heterocycles. The van der Waals surface area contributed by atoms with E-state index in [1.807, 2.05) is 12.1 Å². The van der Waals surface area contributed by atoms with Crippen LogP contribution in [0, 0.1) is 18.7 Å². The maximum atomic E-state index is 14.2. The van der Waals surface area contributed by atoms with Crippen LogP contribution >= 0.6 is 11.6 Å². The number of cyclic esters (lactones) is 1. The maximum Gasteiger partial charge on any atom is 0.411 e. The molecule has 3 fully saturated rings. The molecule has 2 aromatic carbocycles. The number of rotatable bonds is 7. The molecule has 232 valence electrons. The second-order valence-electron chi connectivity index (χ2n) is 12.1. The molecule has 0 radical (unpaired) electrons. The van der Waals surface area contributed by atoms with Crippen LogP contribution in [-0.2, 0) is 16.1 Å². The Hall–Kier alpha value is -3.86. The number of carboxylic acids is 1. The third kappa shape index (κ3) is 5.94. The predicted octanol–water partition coefficient (Wildman–Crippen LogP) is 7.14. The number of benzene rings is 2. The van der Waals surface area contributed by atoms with Crippen molar-refractivity contribution >= 4 is 29.6 Å². The zero-order chi connectivity index (χ0) is 31.3. The van der Waals surface area contributed by atoms with Crippen LogP contribution in [0.15, 0.2) is 42.6 Å². The van der Waals surface area contributed by atoms with Gasteiger partial charge in [-0.05, 0) is 86.4 Å². The van der Waals surface area contributed by atoms with Crippen LogP contribution in [0.2, 0.25) is 5.02 Å². The number of halogens is 4. The summed E-state index contributed by atoms with van der Waals surface area (Å²) in [6.45, 7) is 2.52. The van der Waals surface area contributed by atoms with Gasteiger partial charge < -0.3 is 14.7 Å². The van der Waals surface area contributed by atoms with Crippen molar-refractivity contribution in [2.24, 2.45) is 5.92 Å².